The minimum atomic E-state index is 0.0949. The predicted molar refractivity (Wildman–Crippen MR) is 85.0 cm³/mol. The second-order valence-corrected chi connectivity index (χ2v) is 6.00. The number of aryl methyl sites for hydroxylation is 1. The highest BCUT2D eigenvalue weighted by Gasteiger charge is 2.25. The van der Waals surface area contributed by atoms with Gasteiger partial charge in [-0.1, -0.05) is 18.2 Å². The fourth-order valence-corrected chi connectivity index (χ4v) is 3.10. The van der Waals surface area contributed by atoms with Gasteiger partial charge >= 0.3 is 0 Å². The number of fused-ring (bicyclic) bond motifs is 1. The van der Waals surface area contributed by atoms with Crippen molar-refractivity contribution in [1.29, 1.82) is 0 Å². The first kappa shape index (κ1) is 13.5. The van der Waals surface area contributed by atoms with Crippen LogP contribution < -0.4 is 0 Å². The third kappa shape index (κ3) is 2.19. The van der Waals surface area contributed by atoms with Gasteiger partial charge in [-0.05, 0) is 55.1 Å². The minimum Gasteiger partial charge on any atom is -0.452 e. The number of halogens is 1. The number of aromatic amines is 1. The molecule has 0 fully saturated rings. The van der Waals surface area contributed by atoms with Crippen LogP contribution in [0.15, 0.2) is 45.5 Å². The number of hydrogen-bond donors (Lipinski definition) is 1. The smallest absolute Gasteiger partial charge is 0.169 e. The molecule has 104 valence electrons. The molecule has 0 aliphatic heterocycles. The Labute approximate surface area is 126 Å². The van der Waals surface area contributed by atoms with Crippen molar-refractivity contribution in [3.8, 4) is 0 Å². The molecule has 1 atom stereocenters. The normalized spacial score (nSPS) is 13.2. The Balaban J connectivity index is 2.22. The molecule has 0 radical (unpaired) electrons. The van der Waals surface area contributed by atoms with Crippen molar-refractivity contribution < 1.29 is 4.42 Å². The Bertz CT molecular complexity index is 742. The Morgan fingerprint density at radius 2 is 1.90 bits per heavy atom. The van der Waals surface area contributed by atoms with E-state index in [1.54, 1.807) is 0 Å². The molecule has 2 aromatic heterocycles. The summed E-state index contributed by atoms with van der Waals surface area (Å²) in [7, 11) is 4.14. The summed E-state index contributed by atoms with van der Waals surface area (Å²) in [6, 6.07) is 12.4. The van der Waals surface area contributed by atoms with Crippen LogP contribution >= 0.6 is 15.9 Å². The molecule has 0 aliphatic carbocycles. The van der Waals surface area contributed by atoms with Crippen LogP contribution in [0.25, 0.3) is 10.9 Å². The van der Waals surface area contributed by atoms with Crippen LogP contribution in [0.3, 0.4) is 0 Å². The number of nitrogens with zero attached hydrogens (tertiary/aromatic N) is 1. The summed E-state index contributed by atoms with van der Waals surface area (Å²) in [5.74, 6) is 0.940. The zero-order valence-corrected chi connectivity index (χ0v) is 13.4. The largest absolute Gasteiger partial charge is 0.452 e. The molecule has 3 aromatic rings. The number of furan rings is 1. The van der Waals surface area contributed by atoms with Crippen molar-refractivity contribution in [2.24, 2.45) is 0 Å². The van der Waals surface area contributed by atoms with E-state index in [1.807, 2.05) is 12.1 Å². The van der Waals surface area contributed by atoms with Gasteiger partial charge in [0.1, 0.15) is 5.76 Å². The lowest BCUT2D eigenvalue weighted by molar-refractivity contribution is 0.294. The molecule has 0 saturated heterocycles. The standard InChI is InChI=1S/C16H17BrN2O/c1-10-15(11-6-4-5-7-12(11)18-10)16(19(2)3)13-8-9-14(17)20-13/h4-9,16,18H,1-3H3. The molecule has 0 bridgehead atoms. The summed E-state index contributed by atoms with van der Waals surface area (Å²) >= 11 is 3.39. The van der Waals surface area contributed by atoms with E-state index in [4.69, 9.17) is 4.42 Å². The second-order valence-electron chi connectivity index (χ2n) is 5.22. The van der Waals surface area contributed by atoms with Crippen molar-refractivity contribution in [3.05, 3.63) is 58.1 Å². The van der Waals surface area contributed by atoms with Gasteiger partial charge in [-0.25, -0.2) is 0 Å². The van der Waals surface area contributed by atoms with E-state index in [2.05, 4.69) is 71.1 Å². The van der Waals surface area contributed by atoms with Crippen LogP contribution in [-0.2, 0) is 0 Å². The predicted octanol–water partition coefficient (Wildman–Crippen LogP) is 4.48. The van der Waals surface area contributed by atoms with Gasteiger partial charge < -0.3 is 9.40 Å². The Morgan fingerprint density at radius 3 is 2.55 bits per heavy atom. The van der Waals surface area contributed by atoms with E-state index in [0.717, 1.165) is 15.9 Å². The Morgan fingerprint density at radius 1 is 1.15 bits per heavy atom. The molecular weight excluding hydrogens is 316 g/mol. The van der Waals surface area contributed by atoms with Crippen LogP contribution in [0.1, 0.15) is 23.1 Å². The number of para-hydroxylation sites is 1. The average Bonchev–Trinajstić information content (AvgIpc) is 2.95. The quantitative estimate of drug-likeness (QED) is 0.766. The van der Waals surface area contributed by atoms with Crippen LogP contribution in [-0.4, -0.2) is 24.0 Å². The Kier molecular flexibility index (Phi) is 3.44. The first-order valence-electron chi connectivity index (χ1n) is 6.57. The molecule has 1 aromatic carbocycles. The molecule has 4 heteroatoms. The highest BCUT2D eigenvalue weighted by atomic mass is 79.9. The fourth-order valence-electron chi connectivity index (χ4n) is 2.78. The van der Waals surface area contributed by atoms with Gasteiger partial charge in [0.25, 0.3) is 0 Å². The van der Waals surface area contributed by atoms with Gasteiger partial charge in [-0.15, -0.1) is 0 Å². The first-order valence-corrected chi connectivity index (χ1v) is 7.36. The Hall–Kier alpha value is -1.52. The summed E-state index contributed by atoms with van der Waals surface area (Å²) in [6.07, 6.45) is 0. The summed E-state index contributed by atoms with van der Waals surface area (Å²) in [6.45, 7) is 2.11. The van der Waals surface area contributed by atoms with Gasteiger partial charge in [-0.2, -0.15) is 0 Å². The molecule has 2 heterocycles. The molecular formula is C16H17BrN2O. The lowest BCUT2D eigenvalue weighted by Gasteiger charge is -2.23. The topological polar surface area (TPSA) is 32.2 Å². The van der Waals surface area contributed by atoms with Crippen LogP contribution in [0.4, 0.5) is 0 Å². The van der Waals surface area contributed by atoms with Crippen LogP contribution in [0.5, 0.6) is 0 Å². The molecule has 0 amide bonds. The summed E-state index contributed by atoms with van der Waals surface area (Å²) in [4.78, 5) is 5.63. The van der Waals surface area contributed by atoms with Crippen molar-refractivity contribution in [1.82, 2.24) is 9.88 Å². The van der Waals surface area contributed by atoms with Crippen molar-refractivity contribution in [3.63, 3.8) is 0 Å². The maximum absolute atomic E-state index is 5.80. The van der Waals surface area contributed by atoms with Gasteiger partial charge in [0, 0.05) is 22.2 Å². The van der Waals surface area contributed by atoms with E-state index in [-0.39, 0.29) is 6.04 Å². The monoisotopic (exact) mass is 332 g/mol. The second kappa shape index (κ2) is 5.11. The number of H-pyrrole nitrogens is 1. The lowest BCUT2D eigenvalue weighted by Crippen LogP contribution is -2.21. The van der Waals surface area contributed by atoms with Gasteiger partial charge in [0.2, 0.25) is 0 Å². The summed E-state index contributed by atoms with van der Waals surface area (Å²) in [5, 5.41) is 1.25. The van der Waals surface area contributed by atoms with E-state index in [9.17, 15) is 0 Å². The lowest BCUT2D eigenvalue weighted by atomic mass is 10.00. The maximum atomic E-state index is 5.80. The van der Waals surface area contributed by atoms with Crippen molar-refractivity contribution >= 4 is 26.8 Å². The van der Waals surface area contributed by atoms with E-state index < -0.39 is 0 Å². The molecule has 1 unspecified atom stereocenters. The highest BCUT2D eigenvalue weighted by Crippen LogP contribution is 2.36. The van der Waals surface area contributed by atoms with Gasteiger partial charge in [0.15, 0.2) is 4.67 Å². The third-order valence-corrected chi connectivity index (χ3v) is 4.02. The maximum Gasteiger partial charge on any atom is 0.169 e. The van der Waals surface area contributed by atoms with E-state index >= 15 is 0 Å². The first-order chi connectivity index (χ1) is 9.58. The summed E-state index contributed by atoms with van der Waals surface area (Å²) in [5.41, 5.74) is 3.61. The highest BCUT2D eigenvalue weighted by molar-refractivity contribution is 9.10. The molecule has 1 N–H and O–H groups in total. The van der Waals surface area contributed by atoms with Crippen LogP contribution in [0.2, 0.25) is 0 Å². The molecule has 0 spiro atoms. The van der Waals surface area contributed by atoms with E-state index in [0.29, 0.717) is 0 Å². The van der Waals surface area contributed by atoms with Crippen LogP contribution in [0, 0.1) is 6.92 Å². The zero-order valence-electron chi connectivity index (χ0n) is 11.8. The van der Waals surface area contributed by atoms with E-state index in [1.165, 1.54) is 16.6 Å². The average molecular weight is 333 g/mol. The molecule has 3 rings (SSSR count). The van der Waals surface area contributed by atoms with Gasteiger partial charge in [-0.3, -0.25) is 4.90 Å². The third-order valence-electron chi connectivity index (χ3n) is 3.60. The fraction of sp³-hybridized carbons (Fsp3) is 0.250. The zero-order chi connectivity index (χ0) is 14.3. The molecule has 0 aliphatic rings. The molecule has 0 saturated carbocycles. The minimum absolute atomic E-state index is 0.0949. The number of aromatic nitrogens is 1. The molecule has 20 heavy (non-hydrogen) atoms. The number of nitrogens with one attached hydrogen (secondary N) is 1. The molecule has 3 nitrogen and oxygen atoms in total. The number of rotatable bonds is 3. The van der Waals surface area contributed by atoms with Crippen molar-refractivity contribution in [2.75, 3.05) is 14.1 Å². The number of benzene rings is 1. The summed E-state index contributed by atoms with van der Waals surface area (Å²) < 4.78 is 6.56. The van der Waals surface area contributed by atoms with Crippen molar-refractivity contribution in [2.45, 2.75) is 13.0 Å². The van der Waals surface area contributed by atoms with Gasteiger partial charge in [0.05, 0.1) is 6.04 Å². The SMILES string of the molecule is Cc1[nH]c2ccccc2c1C(c1ccc(Br)o1)N(C)C. The number of hydrogen-bond acceptors (Lipinski definition) is 2.